The zero-order valence-corrected chi connectivity index (χ0v) is 13.2. The van der Waals surface area contributed by atoms with Crippen LogP contribution in [0.1, 0.15) is 10.4 Å². The molecule has 0 radical (unpaired) electrons. The van der Waals surface area contributed by atoms with E-state index in [0.29, 0.717) is 28.2 Å². The van der Waals surface area contributed by atoms with E-state index in [9.17, 15) is 4.79 Å². The Labute approximate surface area is 136 Å². The highest BCUT2D eigenvalue weighted by Gasteiger charge is 2.10. The molecule has 0 heterocycles. The topological polar surface area (TPSA) is 46.5 Å². The summed E-state index contributed by atoms with van der Waals surface area (Å²) in [6.45, 7) is 0.383. The molecule has 2 rings (SSSR count). The fourth-order valence-corrected chi connectivity index (χ4v) is 2.98. The molecule has 0 aliphatic rings. The third-order valence-electron chi connectivity index (χ3n) is 2.61. The molecule has 0 aliphatic heterocycles. The molecule has 110 valence electrons. The zero-order valence-electron chi connectivity index (χ0n) is 10.9. The van der Waals surface area contributed by atoms with Crippen molar-refractivity contribution in [2.75, 3.05) is 12.4 Å². The predicted molar refractivity (Wildman–Crippen MR) is 86.1 cm³/mol. The highest BCUT2D eigenvalue weighted by molar-refractivity contribution is 7.99. The number of para-hydroxylation sites is 1. The van der Waals surface area contributed by atoms with Gasteiger partial charge in [0.25, 0.3) is 0 Å². The molecule has 0 amide bonds. The molecule has 21 heavy (non-hydrogen) atoms. The van der Waals surface area contributed by atoms with Crippen molar-refractivity contribution in [3.05, 3.63) is 58.1 Å². The first kappa shape index (κ1) is 16.0. The Morgan fingerprint density at radius 1 is 1.19 bits per heavy atom. The molecule has 0 bridgehead atoms. The summed E-state index contributed by atoms with van der Waals surface area (Å²) in [7, 11) is 0. The second-order valence-corrected chi connectivity index (χ2v) is 6.05. The second kappa shape index (κ2) is 7.59. The van der Waals surface area contributed by atoms with E-state index in [0.717, 1.165) is 4.90 Å². The summed E-state index contributed by atoms with van der Waals surface area (Å²) in [5.41, 5.74) is 0.159. The van der Waals surface area contributed by atoms with Crippen molar-refractivity contribution in [3.63, 3.8) is 0 Å². The summed E-state index contributed by atoms with van der Waals surface area (Å²) < 4.78 is 5.51. The van der Waals surface area contributed by atoms with Gasteiger partial charge >= 0.3 is 5.97 Å². The van der Waals surface area contributed by atoms with Crippen molar-refractivity contribution in [2.45, 2.75) is 4.90 Å². The van der Waals surface area contributed by atoms with E-state index in [1.165, 1.54) is 17.8 Å². The molecule has 0 aliphatic carbocycles. The highest BCUT2D eigenvalue weighted by Crippen LogP contribution is 2.29. The molecule has 2 aromatic carbocycles. The average Bonchev–Trinajstić information content (AvgIpc) is 2.45. The van der Waals surface area contributed by atoms with Crippen LogP contribution in [0.25, 0.3) is 0 Å². The smallest absolute Gasteiger partial charge is 0.339 e. The number of hydrogen-bond acceptors (Lipinski definition) is 3. The summed E-state index contributed by atoms with van der Waals surface area (Å²) in [5, 5.41) is 10.2. The van der Waals surface area contributed by atoms with Gasteiger partial charge in [-0.3, -0.25) is 0 Å². The highest BCUT2D eigenvalue weighted by atomic mass is 35.5. The molecule has 6 heteroatoms. The molecule has 3 nitrogen and oxygen atoms in total. The number of carbonyl (C=O) groups is 1. The fraction of sp³-hybridized carbons (Fsp3) is 0.133. The van der Waals surface area contributed by atoms with Gasteiger partial charge in [0.15, 0.2) is 0 Å². The Balaban J connectivity index is 1.89. The fourth-order valence-electron chi connectivity index (χ4n) is 1.66. The van der Waals surface area contributed by atoms with Gasteiger partial charge in [0, 0.05) is 15.7 Å². The second-order valence-electron chi connectivity index (χ2n) is 4.07. The predicted octanol–water partition coefficient (Wildman–Crippen LogP) is 4.86. The van der Waals surface area contributed by atoms with E-state index in [2.05, 4.69) is 0 Å². The maximum Gasteiger partial charge on any atom is 0.339 e. The van der Waals surface area contributed by atoms with E-state index >= 15 is 0 Å². The molecule has 0 aromatic heterocycles. The van der Waals surface area contributed by atoms with Crippen LogP contribution in [0, 0.1) is 0 Å². The lowest BCUT2D eigenvalue weighted by molar-refractivity contribution is 0.0692. The van der Waals surface area contributed by atoms with Crippen LogP contribution < -0.4 is 4.74 Å². The van der Waals surface area contributed by atoms with Crippen molar-refractivity contribution >= 4 is 40.9 Å². The SMILES string of the molecule is O=C(O)c1ccccc1OCCSc1ccc(Cl)cc1Cl. The quantitative estimate of drug-likeness (QED) is 0.601. The van der Waals surface area contributed by atoms with Gasteiger partial charge in [0.2, 0.25) is 0 Å². The molecule has 2 aromatic rings. The number of thioether (sulfide) groups is 1. The normalized spacial score (nSPS) is 10.4. The van der Waals surface area contributed by atoms with Crippen molar-refractivity contribution < 1.29 is 14.6 Å². The Morgan fingerprint density at radius 2 is 1.95 bits per heavy atom. The Kier molecular flexibility index (Phi) is 5.79. The maximum absolute atomic E-state index is 11.0. The van der Waals surface area contributed by atoms with E-state index in [4.69, 9.17) is 33.0 Å². The third kappa shape index (κ3) is 4.56. The van der Waals surface area contributed by atoms with Crippen LogP contribution in [0.4, 0.5) is 0 Å². The van der Waals surface area contributed by atoms with E-state index < -0.39 is 5.97 Å². The van der Waals surface area contributed by atoms with Crippen LogP contribution in [0.3, 0.4) is 0 Å². The molecule has 0 atom stereocenters. The van der Waals surface area contributed by atoms with Gasteiger partial charge in [-0.25, -0.2) is 4.79 Å². The Bertz CT molecular complexity index is 647. The largest absolute Gasteiger partial charge is 0.492 e. The monoisotopic (exact) mass is 342 g/mol. The number of rotatable bonds is 6. The van der Waals surface area contributed by atoms with Crippen LogP contribution in [0.2, 0.25) is 10.0 Å². The van der Waals surface area contributed by atoms with Gasteiger partial charge in [-0.1, -0.05) is 35.3 Å². The summed E-state index contributed by atoms with van der Waals surface area (Å²) >= 11 is 13.4. The minimum absolute atomic E-state index is 0.159. The van der Waals surface area contributed by atoms with Crippen molar-refractivity contribution in [1.82, 2.24) is 0 Å². The number of carboxylic acid groups (broad SMARTS) is 1. The number of carboxylic acids is 1. The van der Waals surface area contributed by atoms with Gasteiger partial charge in [0.05, 0.1) is 11.6 Å². The van der Waals surface area contributed by atoms with Gasteiger partial charge in [0.1, 0.15) is 11.3 Å². The van der Waals surface area contributed by atoms with Crippen LogP contribution in [0.5, 0.6) is 5.75 Å². The number of hydrogen-bond donors (Lipinski definition) is 1. The first-order chi connectivity index (χ1) is 10.1. The van der Waals surface area contributed by atoms with Crippen molar-refractivity contribution in [1.29, 1.82) is 0 Å². The molecule has 0 saturated heterocycles. The lowest BCUT2D eigenvalue weighted by Crippen LogP contribution is -2.05. The Morgan fingerprint density at radius 3 is 2.67 bits per heavy atom. The minimum atomic E-state index is -1.00. The molecular weight excluding hydrogens is 331 g/mol. The van der Waals surface area contributed by atoms with Crippen LogP contribution in [-0.4, -0.2) is 23.4 Å². The van der Waals surface area contributed by atoms with Crippen LogP contribution in [0.15, 0.2) is 47.4 Å². The van der Waals surface area contributed by atoms with Crippen molar-refractivity contribution in [2.24, 2.45) is 0 Å². The van der Waals surface area contributed by atoms with E-state index in [-0.39, 0.29) is 5.56 Å². The Hall–Kier alpha value is -1.36. The number of ether oxygens (including phenoxy) is 1. The number of halogens is 2. The van der Waals surface area contributed by atoms with E-state index in [1.807, 2.05) is 6.07 Å². The lowest BCUT2D eigenvalue weighted by Gasteiger charge is -2.09. The first-order valence-electron chi connectivity index (χ1n) is 6.11. The van der Waals surface area contributed by atoms with Crippen molar-refractivity contribution in [3.8, 4) is 5.75 Å². The lowest BCUT2D eigenvalue weighted by atomic mass is 10.2. The average molecular weight is 343 g/mol. The maximum atomic E-state index is 11.0. The summed E-state index contributed by atoms with van der Waals surface area (Å²) in [4.78, 5) is 12.0. The van der Waals surface area contributed by atoms with Crippen LogP contribution >= 0.6 is 35.0 Å². The molecule has 0 fully saturated rings. The van der Waals surface area contributed by atoms with Gasteiger partial charge in [-0.15, -0.1) is 11.8 Å². The molecule has 0 saturated carbocycles. The number of benzene rings is 2. The van der Waals surface area contributed by atoms with Crippen LogP contribution in [-0.2, 0) is 0 Å². The first-order valence-corrected chi connectivity index (χ1v) is 7.85. The summed E-state index contributed by atoms with van der Waals surface area (Å²) in [5.74, 6) is 0.0155. The zero-order chi connectivity index (χ0) is 15.2. The molecular formula is C15H12Cl2O3S. The van der Waals surface area contributed by atoms with Gasteiger partial charge in [-0.05, 0) is 30.3 Å². The molecule has 0 spiro atoms. The standard InChI is InChI=1S/C15H12Cl2O3S/c16-10-5-6-14(12(17)9-10)21-8-7-20-13-4-2-1-3-11(13)15(18)19/h1-6,9H,7-8H2,(H,18,19). The summed E-state index contributed by atoms with van der Waals surface area (Å²) in [6.07, 6.45) is 0. The van der Waals surface area contributed by atoms with Gasteiger partial charge in [-0.2, -0.15) is 0 Å². The minimum Gasteiger partial charge on any atom is -0.492 e. The van der Waals surface area contributed by atoms with Gasteiger partial charge < -0.3 is 9.84 Å². The number of aromatic carboxylic acids is 1. The molecule has 1 N–H and O–H groups in total. The molecule has 0 unspecified atom stereocenters. The van der Waals surface area contributed by atoms with E-state index in [1.54, 1.807) is 30.3 Å². The third-order valence-corrected chi connectivity index (χ3v) is 4.31. The summed E-state index contributed by atoms with van der Waals surface area (Å²) in [6, 6.07) is 11.9.